The van der Waals surface area contributed by atoms with Crippen LogP contribution in [0.4, 0.5) is 6.01 Å². The number of hydrogen-bond donors (Lipinski definition) is 1. The topological polar surface area (TPSA) is 99.6 Å². The lowest BCUT2D eigenvalue weighted by molar-refractivity contribution is -0.118. The number of fused-ring (bicyclic) bond motifs is 1. The summed E-state index contributed by atoms with van der Waals surface area (Å²) in [7, 11) is 1.56. The smallest absolute Gasteiger partial charge is 0.322 e. The van der Waals surface area contributed by atoms with Gasteiger partial charge in [-0.1, -0.05) is 28.8 Å². The Morgan fingerprint density at radius 3 is 2.75 bits per heavy atom. The van der Waals surface area contributed by atoms with Gasteiger partial charge in [0, 0.05) is 10.4 Å². The molecule has 0 saturated carbocycles. The average molecular weight is 400 g/mol. The maximum Gasteiger partial charge on any atom is 0.322 e. The number of amides is 1. The van der Waals surface area contributed by atoms with E-state index in [0.717, 1.165) is 5.39 Å². The van der Waals surface area contributed by atoms with Crippen molar-refractivity contribution in [3.05, 3.63) is 53.6 Å². The van der Waals surface area contributed by atoms with Gasteiger partial charge in [-0.25, -0.2) is 0 Å². The van der Waals surface area contributed by atoms with Crippen LogP contribution >= 0.6 is 11.6 Å². The predicted octanol–water partition coefficient (Wildman–Crippen LogP) is 4.16. The van der Waals surface area contributed by atoms with E-state index in [4.69, 9.17) is 29.9 Å². The minimum Gasteiger partial charge on any atom is -0.493 e. The lowest BCUT2D eigenvalue weighted by atomic mass is 10.2. The highest BCUT2D eigenvalue weighted by Gasteiger charge is 2.17. The molecule has 1 N–H and O–H groups in total. The summed E-state index contributed by atoms with van der Waals surface area (Å²) < 4.78 is 21.8. The summed E-state index contributed by atoms with van der Waals surface area (Å²) in [6.45, 7) is -0.221. The molecule has 4 rings (SSSR count). The number of para-hydroxylation sites is 1. The van der Waals surface area contributed by atoms with E-state index in [1.54, 1.807) is 43.5 Å². The lowest BCUT2D eigenvalue weighted by Gasteiger charge is -2.04. The molecule has 2 aromatic carbocycles. The summed E-state index contributed by atoms with van der Waals surface area (Å²) in [5, 5.41) is 11.6. The molecular formula is C19H14ClN3O5. The zero-order valence-corrected chi connectivity index (χ0v) is 15.4. The fourth-order valence-corrected chi connectivity index (χ4v) is 2.64. The number of ether oxygens (including phenoxy) is 2. The Morgan fingerprint density at radius 1 is 1.14 bits per heavy atom. The van der Waals surface area contributed by atoms with Crippen LogP contribution in [0.25, 0.3) is 22.6 Å². The molecule has 0 saturated heterocycles. The van der Waals surface area contributed by atoms with Crippen LogP contribution in [0, 0.1) is 0 Å². The third kappa shape index (κ3) is 3.77. The summed E-state index contributed by atoms with van der Waals surface area (Å²) in [4.78, 5) is 12.0. The zero-order valence-electron chi connectivity index (χ0n) is 14.6. The van der Waals surface area contributed by atoms with E-state index < -0.39 is 5.91 Å². The molecule has 0 aliphatic heterocycles. The van der Waals surface area contributed by atoms with Gasteiger partial charge in [0.1, 0.15) is 5.75 Å². The Bertz CT molecular complexity index is 1120. The third-order valence-electron chi connectivity index (χ3n) is 3.79. The average Bonchev–Trinajstić information content (AvgIpc) is 3.34. The van der Waals surface area contributed by atoms with Crippen molar-refractivity contribution < 1.29 is 23.1 Å². The Balaban J connectivity index is 1.42. The molecule has 0 atom stereocenters. The zero-order chi connectivity index (χ0) is 19.5. The van der Waals surface area contributed by atoms with Crippen molar-refractivity contribution in [2.45, 2.75) is 0 Å². The molecule has 28 heavy (non-hydrogen) atoms. The first-order valence-electron chi connectivity index (χ1n) is 8.21. The van der Waals surface area contributed by atoms with Crippen molar-refractivity contribution in [3.63, 3.8) is 0 Å². The van der Waals surface area contributed by atoms with Gasteiger partial charge in [0.2, 0.25) is 0 Å². The number of rotatable bonds is 6. The van der Waals surface area contributed by atoms with Gasteiger partial charge in [0.25, 0.3) is 11.8 Å². The molecular weight excluding hydrogens is 386 g/mol. The molecule has 8 nitrogen and oxygen atoms in total. The normalized spacial score (nSPS) is 10.8. The van der Waals surface area contributed by atoms with Crippen LogP contribution in [0.1, 0.15) is 0 Å². The van der Waals surface area contributed by atoms with Gasteiger partial charge >= 0.3 is 6.01 Å². The van der Waals surface area contributed by atoms with Gasteiger partial charge in [-0.2, -0.15) is 0 Å². The maximum atomic E-state index is 12.0. The quantitative estimate of drug-likeness (QED) is 0.519. The van der Waals surface area contributed by atoms with Crippen LogP contribution in [0.5, 0.6) is 11.5 Å². The number of methoxy groups -OCH3 is 1. The van der Waals surface area contributed by atoms with E-state index in [1.807, 2.05) is 12.1 Å². The van der Waals surface area contributed by atoms with E-state index >= 15 is 0 Å². The Labute approximate surface area is 164 Å². The van der Waals surface area contributed by atoms with Crippen molar-refractivity contribution in [1.29, 1.82) is 0 Å². The second-order valence-corrected chi connectivity index (χ2v) is 6.13. The second-order valence-electron chi connectivity index (χ2n) is 5.69. The minimum atomic E-state index is -0.448. The highest BCUT2D eigenvalue weighted by Crippen LogP contribution is 2.33. The van der Waals surface area contributed by atoms with Crippen molar-refractivity contribution >= 4 is 34.5 Å². The lowest BCUT2D eigenvalue weighted by Crippen LogP contribution is -2.20. The van der Waals surface area contributed by atoms with E-state index in [9.17, 15) is 4.79 Å². The summed E-state index contributed by atoms with van der Waals surface area (Å²) >= 11 is 5.80. The molecule has 0 radical (unpaired) electrons. The first-order valence-corrected chi connectivity index (χ1v) is 8.59. The predicted molar refractivity (Wildman–Crippen MR) is 102 cm³/mol. The number of anilines is 1. The number of nitrogens with one attached hydrogen (secondary N) is 1. The van der Waals surface area contributed by atoms with E-state index in [0.29, 0.717) is 27.9 Å². The van der Waals surface area contributed by atoms with Crippen molar-refractivity contribution in [3.8, 4) is 23.1 Å². The number of halogens is 1. The van der Waals surface area contributed by atoms with Crippen molar-refractivity contribution in [1.82, 2.24) is 10.2 Å². The van der Waals surface area contributed by atoms with Gasteiger partial charge in [-0.15, -0.1) is 5.10 Å². The van der Waals surface area contributed by atoms with Crippen LogP contribution in [0.15, 0.2) is 57.4 Å². The molecule has 2 heterocycles. The number of furan rings is 1. The van der Waals surface area contributed by atoms with Crippen molar-refractivity contribution in [2.75, 3.05) is 19.0 Å². The van der Waals surface area contributed by atoms with Gasteiger partial charge in [0.05, 0.1) is 7.11 Å². The molecule has 1 amide bonds. The first kappa shape index (κ1) is 17.9. The summed E-state index contributed by atoms with van der Waals surface area (Å²) in [6, 6.07) is 13.9. The molecule has 9 heteroatoms. The first-order chi connectivity index (χ1) is 13.6. The number of carbonyl (C=O) groups is 1. The number of nitrogens with zero attached hydrogens (tertiary/aromatic N) is 2. The number of aromatic nitrogens is 2. The van der Waals surface area contributed by atoms with Crippen LogP contribution in [0.3, 0.4) is 0 Å². The van der Waals surface area contributed by atoms with Gasteiger partial charge in [-0.3, -0.25) is 10.1 Å². The Morgan fingerprint density at radius 2 is 1.96 bits per heavy atom. The number of hydrogen-bond acceptors (Lipinski definition) is 7. The molecule has 0 aliphatic rings. The molecule has 2 aromatic heterocycles. The highest BCUT2D eigenvalue weighted by molar-refractivity contribution is 6.30. The largest absolute Gasteiger partial charge is 0.493 e. The van der Waals surface area contributed by atoms with Crippen LogP contribution < -0.4 is 14.8 Å². The molecule has 0 bridgehead atoms. The summed E-state index contributed by atoms with van der Waals surface area (Å²) in [6.07, 6.45) is 0. The molecule has 4 aromatic rings. The second kappa shape index (κ2) is 7.61. The Hall–Kier alpha value is -3.52. The monoisotopic (exact) mass is 399 g/mol. The minimum absolute atomic E-state index is 0.0628. The van der Waals surface area contributed by atoms with Crippen LogP contribution in [-0.2, 0) is 4.79 Å². The van der Waals surface area contributed by atoms with Crippen molar-refractivity contribution in [2.24, 2.45) is 0 Å². The molecule has 0 fully saturated rings. The maximum absolute atomic E-state index is 12.0. The fraction of sp³-hybridized carbons (Fsp3) is 0.105. The van der Waals surface area contributed by atoms with Gasteiger partial charge < -0.3 is 18.3 Å². The van der Waals surface area contributed by atoms with E-state index in [2.05, 4.69) is 15.5 Å². The Kier molecular flexibility index (Phi) is 4.86. The van der Waals surface area contributed by atoms with E-state index in [1.165, 1.54) is 0 Å². The molecule has 0 spiro atoms. The molecule has 142 valence electrons. The fourth-order valence-electron chi connectivity index (χ4n) is 2.51. The van der Waals surface area contributed by atoms with Crippen LogP contribution in [-0.4, -0.2) is 29.8 Å². The number of benzene rings is 2. The van der Waals surface area contributed by atoms with Gasteiger partial charge in [0.15, 0.2) is 23.7 Å². The van der Waals surface area contributed by atoms with Crippen LogP contribution in [0.2, 0.25) is 5.02 Å². The third-order valence-corrected chi connectivity index (χ3v) is 4.05. The van der Waals surface area contributed by atoms with E-state index in [-0.39, 0.29) is 18.5 Å². The molecule has 0 aliphatic carbocycles. The standard InChI is InChI=1S/C19H14ClN3O5/c1-25-14-4-2-3-11-9-15(27-17(11)14)18-22-23-19(28-18)21-16(24)10-26-13-7-5-12(20)6-8-13/h2-9H,10H2,1H3,(H,21,23,24). The summed E-state index contributed by atoms with van der Waals surface area (Å²) in [5.74, 6) is 1.16. The van der Waals surface area contributed by atoms with Gasteiger partial charge in [-0.05, 0) is 36.4 Å². The highest BCUT2D eigenvalue weighted by atomic mass is 35.5. The molecule has 0 unspecified atom stereocenters. The SMILES string of the molecule is COc1cccc2cc(-c3nnc(NC(=O)COc4ccc(Cl)cc4)o3)oc12. The number of carbonyl (C=O) groups excluding carboxylic acids is 1. The summed E-state index contributed by atoms with van der Waals surface area (Å²) in [5.41, 5.74) is 0.570.